The van der Waals surface area contributed by atoms with Gasteiger partial charge in [0.1, 0.15) is 15.9 Å². The summed E-state index contributed by atoms with van der Waals surface area (Å²) in [6.07, 6.45) is 0.888. The second-order valence-electron chi connectivity index (χ2n) is 3.04. The Morgan fingerprint density at radius 2 is 2.21 bits per heavy atom. The lowest BCUT2D eigenvalue weighted by molar-refractivity contribution is 0.828. The highest BCUT2D eigenvalue weighted by atomic mass is 79.9. The Balaban J connectivity index is 2.85. The lowest BCUT2D eigenvalue weighted by Crippen LogP contribution is -1.95. The lowest BCUT2D eigenvalue weighted by Gasteiger charge is -1.99. The van der Waals surface area contributed by atoms with Gasteiger partial charge in [-0.2, -0.15) is 0 Å². The minimum absolute atomic E-state index is 0.490. The third-order valence-electron chi connectivity index (χ3n) is 2.19. The fourth-order valence-corrected chi connectivity index (χ4v) is 2.33. The maximum atomic E-state index is 6.04. The Labute approximate surface area is 95.2 Å². The summed E-state index contributed by atoms with van der Waals surface area (Å²) in [7, 11) is 1.95. The third kappa shape index (κ3) is 1.42. The van der Waals surface area contributed by atoms with Crippen LogP contribution in [-0.2, 0) is 13.5 Å². The van der Waals surface area contributed by atoms with Crippen LogP contribution in [0.25, 0.3) is 11.0 Å². The second-order valence-corrected chi connectivity index (χ2v) is 4.21. The number of pyridine rings is 1. The number of hydrogen-bond acceptors (Lipinski definition) is 2. The predicted octanol–water partition coefficient (Wildman–Crippen LogP) is 2.95. The summed E-state index contributed by atoms with van der Waals surface area (Å²) in [4.78, 5) is 8.59. The molecule has 0 radical (unpaired) electrons. The molecule has 2 heterocycles. The summed E-state index contributed by atoms with van der Waals surface area (Å²) in [5, 5.41) is 0.490. The molecule has 0 fully saturated rings. The zero-order valence-corrected chi connectivity index (χ0v) is 10.2. The van der Waals surface area contributed by atoms with Crippen LogP contribution in [0, 0.1) is 0 Å². The van der Waals surface area contributed by atoms with Gasteiger partial charge in [0.2, 0.25) is 0 Å². The highest BCUT2D eigenvalue weighted by Gasteiger charge is 2.11. The van der Waals surface area contributed by atoms with E-state index >= 15 is 0 Å². The molecule has 0 N–H and O–H groups in total. The molecule has 0 aromatic carbocycles. The standard InChI is InChI=1S/C9H9BrClN3/c1-3-7-12-5-4-6(10)13-9(11)8(5)14(7)2/h4H,3H2,1-2H3. The van der Waals surface area contributed by atoms with Gasteiger partial charge in [0, 0.05) is 13.5 Å². The minimum atomic E-state index is 0.490. The van der Waals surface area contributed by atoms with E-state index in [0.29, 0.717) is 5.15 Å². The fraction of sp³-hybridized carbons (Fsp3) is 0.333. The van der Waals surface area contributed by atoms with Crippen LogP contribution in [0.3, 0.4) is 0 Å². The highest BCUT2D eigenvalue weighted by Crippen LogP contribution is 2.25. The molecule has 3 nitrogen and oxygen atoms in total. The molecule has 0 unspecified atom stereocenters. The van der Waals surface area contributed by atoms with E-state index < -0.39 is 0 Å². The maximum Gasteiger partial charge on any atom is 0.156 e. The molecule has 0 atom stereocenters. The largest absolute Gasteiger partial charge is 0.329 e. The van der Waals surface area contributed by atoms with E-state index in [2.05, 4.69) is 32.8 Å². The lowest BCUT2D eigenvalue weighted by atomic mass is 10.4. The van der Waals surface area contributed by atoms with E-state index in [1.165, 1.54) is 0 Å². The molecule has 0 bridgehead atoms. The summed E-state index contributed by atoms with van der Waals surface area (Å²) in [6.45, 7) is 2.07. The van der Waals surface area contributed by atoms with Crippen LogP contribution in [0.4, 0.5) is 0 Å². The van der Waals surface area contributed by atoms with E-state index in [0.717, 1.165) is 27.9 Å². The first-order chi connectivity index (χ1) is 6.63. The van der Waals surface area contributed by atoms with Crippen LogP contribution in [0.15, 0.2) is 10.7 Å². The first kappa shape index (κ1) is 9.93. The molecule has 0 aliphatic rings. The van der Waals surface area contributed by atoms with Gasteiger partial charge in [-0.3, -0.25) is 0 Å². The van der Waals surface area contributed by atoms with Crippen molar-refractivity contribution in [3.8, 4) is 0 Å². The Morgan fingerprint density at radius 1 is 1.50 bits per heavy atom. The van der Waals surface area contributed by atoms with Crippen molar-refractivity contribution in [2.75, 3.05) is 0 Å². The van der Waals surface area contributed by atoms with Crippen molar-refractivity contribution in [2.24, 2.45) is 7.05 Å². The highest BCUT2D eigenvalue weighted by molar-refractivity contribution is 9.10. The number of nitrogens with zero attached hydrogens (tertiary/aromatic N) is 3. The quantitative estimate of drug-likeness (QED) is 0.749. The van der Waals surface area contributed by atoms with E-state index in [1.807, 2.05) is 17.7 Å². The fourth-order valence-electron chi connectivity index (χ4n) is 1.52. The monoisotopic (exact) mass is 273 g/mol. The number of hydrogen-bond donors (Lipinski definition) is 0. The van der Waals surface area contributed by atoms with Gasteiger partial charge in [0.05, 0.1) is 5.52 Å². The van der Waals surface area contributed by atoms with E-state index in [1.54, 1.807) is 0 Å². The molecule has 0 amide bonds. The summed E-state index contributed by atoms with van der Waals surface area (Å²) < 4.78 is 2.70. The van der Waals surface area contributed by atoms with Crippen molar-refractivity contribution in [3.63, 3.8) is 0 Å². The van der Waals surface area contributed by atoms with Crippen molar-refractivity contribution >= 4 is 38.6 Å². The number of aromatic nitrogens is 3. The Morgan fingerprint density at radius 3 is 2.86 bits per heavy atom. The Kier molecular flexibility index (Phi) is 2.49. The zero-order valence-electron chi connectivity index (χ0n) is 7.88. The summed E-state index contributed by atoms with van der Waals surface area (Å²) in [5.41, 5.74) is 1.78. The van der Waals surface area contributed by atoms with Crippen LogP contribution in [0.5, 0.6) is 0 Å². The van der Waals surface area contributed by atoms with Crippen molar-refractivity contribution in [3.05, 3.63) is 21.6 Å². The summed E-state index contributed by atoms with van der Waals surface area (Å²) >= 11 is 9.33. The molecule has 14 heavy (non-hydrogen) atoms. The molecule has 5 heteroatoms. The molecular weight excluding hydrogens is 265 g/mol. The molecule has 2 aromatic heterocycles. The molecule has 0 saturated carbocycles. The van der Waals surface area contributed by atoms with Gasteiger partial charge in [0.25, 0.3) is 0 Å². The van der Waals surface area contributed by atoms with Gasteiger partial charge in [-0.1, -0.05) is 18.5 Å². The van der Waals surface area contributed by atoms with Crippen molar-refractivity contribution < 1.29 is 0 Å². The number of rotatable bonds is 1. The normalized spacial score (nSPS) is 11.1. The van der Waals surface area contributed by atoms with Crippen LogP contribution >= 0.6 is 27.5 Å². The number of imidazole rings is 1. The Hall–Kier alpha value is -0.610. The molecular formula is C9H9BrClN3. The number of fused-ring (bicyclic) bond motifs is 1. The summed E-state index contributed by atoms with van der Waals surface area (Å²) in [6, 6.07) is 1.88. The molecule has 0 aliphatic heterocycles. The van der Waals surface area contributed by atoms with Gasteiger partial charge in [-0.05, 0) is 22.0 Å². The molecule has 0 spiro atoms. The second kappa shape index (κ2) is 3.51. The van der Waals surface area contributed by atoms with Crippen LogP contribution in [0.2, 0.25) is 5.15 Å². The molecule has 2 aromatic rings. The molecule has 0 aliphatic carbocycles. The third-order valence-corrected chi connectivity index (χ3v) is 2.86. The van der Waals surface area contributed by atoms with Gasteiger partial charge in [-0.15, -0.1) is 0 Å². The maximum absolute atomic E-state index is 6.04. The molecule has 74 valence electrons. The van der Waals surface area contributed by atoms with Crippen molar-refractivity contribution in [1.29, 1.82) is 0 Å². The van der Waals surface area contributed by atoms with Gasteiger partial charge in [-0.25, -0.2) is 9.97 Å². The smallest absolute Gasteiger partial charge is 0.156 e. The number of halogens is 2. The van der Waals surface area contributed by atoms with Crippen LogP contribution in [0.1, 0.15) is 12.7 Å². The van der Waals surface area contributed by atoms with E-state index in [9.17, 15) is 0 Å². The van der Waals surface area contributed by atoms with E-state index in [4.69, 9.17) is 11.6 Å². The van der Waals surface area contributed by atoms with Gasteiger partial charge < -0.3 is 4.57 Å². The first-order valence-corrected chi connectivity index (χ1v) is 5.48. The molecule has 0 saturated heterocycles. The van der Waals surface area contributed by atoms with Crippen molar-refractivity contribution in [1.82, 2.24) is 14.5 Å². The van der Waals surface area contributed by atoms with E-state index in [-0.39, 0.29) is 0 Å². The zero-order chi connectivity index (χ0) is 10.3. The van der Waals surface area contributed by atoms with Crippen LogP contribution < -0.4 is 0 Å². The minimum Gasteiger partial charge on any atom is -0.329 e. The summed E-state index contributed by atoms with van der Waals surface area (Å²) in [5.74, 6) is 1.02. The topological polar surface area (TPSA) is 30.7 Å². The molecule has 2 rings (SSSR count). The first-order valence-electron chi connectivity index (χ1n) is 4.30. The van der Waals surface area contributed by atoms with Gasteiger partial charge >= 0.3 is 0 Å². The predicted molar refractivity (Wildman–Crippen MR) is 60.6 cm³/mol. The SMILES string of the molecule is CCc1nc2cc(Br)nc(Cl)c2n1C. The van der Waals surface area contributed by atoms with Crippen molar-refractivity contribution in [2.45, 2.75) is 13.3 Å². The average Bonchev–Trinajstić information content (AvgIpc) is 2.42. The Bertz CT molecular complexity index is 492. The van der Waals surface area contributed by atoms with Gasteiger partial charge in [0.15, 0.2) is 5.15 Å². The number of aryl methyl sites for hydroxylation is 2. The van der Waals surface area contributed by atoms with Crippen LogP contribution in [-0.4, -0.2) is 14.5 Å². The average molecular weight is 275 g/mol.